The molecule has 0 aromatic carbocycles. The highest BCUT2D eigenvalue weighted by Crippen LogP contribution is 2.13. The van der Waals surface area contributed by atoms with Crippen LogP contribution in [0.15, 0.2) is 109 Å². The van der Waals surface area contributed by atoms with Gasteiger partial charge in [0.1, 0.15) is 13.2 Å². The zero-order valence-electron chi connectivity index (χ0n) is 42.0. The second kappa shape index (κ2) is 52.7. The van der Waals surface area contributed by atoms with Crippen LogP contribution < -0.4 is 0 Å². The molecule has 0 aliphatic rings. The molecule has 368 valence electrons. The monoisotopic (exact) mass is 901 g/mol. The van der Waals surface area contributed by atoms with E-state index >= 15 is 0 Å². The average molecular weight is 901 g/mol. The van der Waals surface area contributed by atoms with Gasteiger partial charge in [-0.05, 0) is 116 Å². The molecule has 0 aromatic heterocycles. The molecule has 1 atom stereocenters. The van der Waals surface area contributed by atoms with Crippen LogP contribution in [0.25, 0.3) is 0 Å². The molecule has 0 amide bonds. The third-order valence-electron chi connectivity index (χ3n) is 10.7. The Balaban J connectivity index is 4.54. The van der Waals surface area contributed by atoms with Crippen LogP contribution in [0, 0.1) is 0 Å². The third-order valence-corrected chi connectivity index (χ3v) is 10.7. The van der Waals surface area contributed by atoms with Crippen LogP contribution in [0.5, 0.6) is 0 Å². The summed E-state index contributed by atoms with van der Waals surface area (Å²) in [7, 11) is 0. The first-order valence-electron chi connectivity index (χ1n) is 26.4. The summed E-state index contributed by atoms with van der Waals surface area (Å²) in [6.07, 6.45) is 70.8. The van der Waals surface area contributed by atoms with Gasteiger partial charge in [0.2, 0.25) is 0 Å². The lowest BCUT2D eigenvalue weighted by molar-refractivity contribution is -0.167. The van der Waals surface area contributed by atoms with Crippen molar-refractivity contribution in [2.75, 3.05) is 13.2 Å². The first-order valence-corrected chi connectivity index (χ1v) is 26.4. The van der Waals surface area contributed by atoms with Gasteiger partial charge >= 0.3 is 17.9 Å². The number of rotatable bonds is 46. The molecule has 0 bridgehead atoms. The predicted molar refractivity (Wildman–Crippen MR) is 279 cm³/mol. The number of allylic oxidation sites excluding steroid dienone is 18. The maximum atomic E-state index is 12.8. The lowest BCUT2D eigenvalue weighted by Gasteiger charge is -2.18. The maximum absolute atomic E-state index is 12.8. The summed E-state index contributed by atoms with van der Waals surface area (Å²) in [4.78, 5) is 38.0. The summed E-state index contributed by atoms with van der Waals surface area (Å²) in [5, 5.41) is 0. The molecule has 6 nitrogen and oxygen atoms in total. The number of esters is 3. The van der Waals surface area contributed by atoms with Gasteiger partial charge in [0.25, 0.3) is 0 Å². The molecule has 1 unspecified atom stereocenters. The van der Waals surface area contributed by atoms with Gasteiger partial charge in [-0.25, -0.2) is 0 Å². The molecule has 0 saturated heterocycles. The summed E-state index contributed by atoms with van der Waals surface area (Å²) >= 11 is 0. The van der Waals surface area contributed by atoms with E-state index < -0.39 is 6.10 Å². The fraction of sp³-hybridized carbons (Fsp3) is 0.644. The van der Waals surface area contributed by atoms with E-state index in [1.807, 2.05) is 0 Å². The lowest BCUT2D eigenvalue weighted by Crippen LogP contribution is -2.30. The minimum absolute atomic E-state index is 0.113. The Morgan fingerprint density at radius 2 is 0.615 bits per heavy atom. The highest BCUT2D eigenvalue weighted by molar-refractivity contribution is 5.71. The molecule has 0 N–H and O–H groups in total. The van der Waals surface area contributed by atoms with Crippen LogP contribution in [0.3, 0.4) is 0 Å². The minimum atomic E-state index is -0.816. The Kier molecular flexibility index (Phi) is 49.5. The Bertz CT molecular complexity index is 1360. The fourth-order valence-corrected chi connectivity index (χ4v) is 6.84. The van der Waals surface area contributed by atoms with Gasteiger partial charge in [0.15, 0.2) is 6.10 Å². The van der Waals surface area contributed by atoms with Crippen molar-refractivity contribution in [2.24, 2.45) is 0 Å². The van der Waals surface area contributed by atoms with Crippen LogP contribution in [-0.2, 0) is 28.6 Å². The number of ether oxygens (including phenoxy) is 3. The zero-order valence-corrected chi connectivity index (χ0v) is 42.0. The largest absolute Gasteiger partial charge is 0.462 e. The number of hydrogen-bond donors (Lipinski definition) is 0. The first kappa shape index (κ1) is 61.1. The molecule has 0 aliphatic heterocycles. The first-order chi connectivity index (χ1) is 32.0. The molecule has 0 fully saturated rings. The van der Waals surface area contributed by atoms with Crippen molar-refractivity contribution in [3.63, 3.8) is 0 Å². The zero-order chi connectivity index (χ0) is 47.2. The predicted octanol–water partition coefficient (Wildman–Crippen LogP) is 17.5. The van der Waals surface area contributed by atoms with Gasteiger partial charge in [-0.15, -0.1) is 0 Å². The molecule has 0 heterocycles. The van der Waals surface area contributed by atoms with Crippen molar-refractivity contribution in [1.29, 1.82) is 0 Å². The molecule has 0 aliphatic carbocycles. The highest BCUT2D eigenvalue weighted by Gasteiger charge is 2.19. The minimum Gasteiger partial charge on any atom is -0.462 e. The summed E-state index contributed by atoms with van der Waals surface area (Å²) < 4.78 is 16.7. The van der Waals surface area contributed by atoms with E-state index in [1.165, 1.54) is 57.8 Å². The van der Waals surface area contributed by atoms with Crippen molar-refractivity contribution in [2.45, 2.75) is 232 Å². The molecule has 65 heavy (non-hydrogen) atoms. The van der Waals surface area contributed by atoms with Crippen LogP contribution in [0.4, 0.5) is 0 Å². The SMILES string of the molecule is CC/C=C\C/C=C\C/C=C\C/C=C\C/C=C\CCCC(=O)OCC(COC(=O)CCCCCC/C=C\C/C=C\C/C=C\CC)OC(=O)CCCCCCC/C=C\CCCCCCCCC. The van der Waals surface area contributed by atoms with Gasteiger partial charge in [-0.2, -0.15) is 0 Å². The fourth-order valence-electron chi connectivity index (χ4n) is 6.84. The van der Waals surface area contributed by atoms with Crippen molar-refractivity contribution >= 4 is 17.9 Å². The normalized spacial score (nSPS) is 13.0. The lowest BCUT2D eigenvalue weighted by atomic mass is 10.1. The molecule has 0 saturated carbocycles. The standard InChI is InChI=1S/C59H96O6/c1-4-7-10-13-16-19-22-25-28-30-32-34-37-40-43-46-49-52-58(61)64-55-56(54-63-57(60)51-48-45-42-39-36-33-27-24-21-18-15-12-9-6-3)65-59(62)53-50-47-44-41-38-35-31-29-26-23-20-17-14-11-8-5-2/h7,9-10,12,16,18-19,21,25,27-29,31-34,40,43,56H,4-6,8,11,13-15,17,20,22-24,26,30,35-39,41-42,44-55H2,1-3H3/b10-7-,12-9-,19-16-,21-18-,28-25-,31-29-,33-27-,34-32-,43-40-. The van der Waals surface area contributed by atoms with E-state index in [0.717, 1.165) is 122 Å². The summed E-state index contributed by atoms with van der Waals surface area (Å²) in [6.45, 7) is 6.32. The highest BCUT2D eigenvalue weighted by atomic mass is 16.6. The number of hydrogen-bond acceptors (Lipinski definition) is 6. The van der Waals surface area contributed by atoms with E-state index in [9.17, 15) is 14.4 Å². The molecule has 0 spiro atoms. The molecule has 0 rings (SSSR count). The third kappa shape index (κ3) is 50.9. The van der Waals surface area contributed by atoms with Crippen molar-refractivity contribution in [3.05, 3.63) is 109 Å². The Morgan fingerprint density at radius 1 is 0.323 bits per heavy atom. The average Bonchev–Trinajstić information content (AvgIpc) is 3.30. The molecular weight excluding hydrogens is 805 g/mol. The second-order valence-electron chi connectivity index (χ2n) is 17.0. The Labute approximate surface area is 400 Å². The van der Waals surface area contributed by atoms with E-state index in [1.54, 1.807) is 0 Å². The number of carbonyl (C=O) groups is 3. The van der Waals surface area contributed by atoms with E-state index in [0.29, 0.717) is 19.3 Å². The van der Waals surface area contributed by atoms with Gasteiger partial charge in [-0.1, -0.05) is 201 Å². The van der Waals surface area contributed by atoms with Gasteiger partial charge in [0, 0.05) is 19.3 Å². The number of unbranched alkanes of at least 4 members (excludes halogenated alkanes) is 17. The second-order valence-corrected chi connectivity index (χ2v) is 17.0. The molecule has 0 aromatic rings. The van der Waals surface area contributed by atoms with Crippen LogP contribution >= 0.6 is 0 Å². The van der Waals surface area contributed by atoms with E-state index in [2.05, 4.69) is 130 Å². The van der Waals surface area contributed by atoms with Crippen molar-refractivity contribution in [3.8, 4) is 0 Å². The van der Waals surface area contributed by atoms with Gasteiger partial charge in [-0.3, -0.25) is 14.4 Å². The van der Waals surface area contributed by atoms with Crippen LogP contribution in [-0.4, -0.2) is 37.2 Å². The maximum Gasteiger partial charge on any atom is 0.306 e. The van der Waals surface area contributed by atoms with Crippen LogP contribution in [0.1, 0.15) is 226 Å². The van der Waals surface area contributed by atoms with Gasteiger partial charge < -0.3 is 14.2 Å². The summed E-state index contributed by atoms with van der Waals surface area (Å²) in [6, 6.07) is 0. The summed E-state index contributed by atoms with van der Waals surface area (Å²) in [5.41, 5.74) is 0. The summed E-state index contributed by atoms with van der Waals surface area (Å²) in [5.74, 6) is -1.01. The molecule has 6 heteroatoms. The quantitative estimate of drug-likeness (QED) is 0.0262. The Hall–Kier alpha value is -3.93. The van der Waals surface area contributed by atoms with Crippen molar-refractivity contribution in [1.82, 2.24) is 0 Å². The Morgan fingerprint density at radius 3 is 1.02 bits per heavy atom. The number of carbonyl (C=O) groups excluding carboxylic acids is 3. The van der Waals surface area contributed by atoms with Crippen LogP contribution in [0.2, 0.25) is 0 Å². The molecular formula is C59H96O6. The molecule has 0 radical (unpaired) electrons. The topological polar surface area (TPSA) is 78.9 Å². The van der Waals surface area contributed by atoms with Gasteiger partial charge in [0.05, 0.1) is 0 Å². The smallest absolute Gasteiger partial charge is 0.306 e. The van der Waals surface area contributed by atoms with E-state index in [4.69, 9.17) is 14.2 Å². The van der Waals surface area contributed by atoms with E-state index in [-0.39, 0.29) is 37.5 Å². The van der Waals surface area contributed by atoms with Crippen molar-refractivity contribution < 1.29 is 28.6 Å².